The zero-order valence-corrected chi connectivity index (χ0v) is 16.5. The molecule has 1 atom stereocenters. The molecule has 2 aromatic carbocycles. The van der Waals surface area contributed by atoms with Gasteiger partial charge in [0.1, 0.15) is 0 Å². The summed E-state index contributed by atoms with van der Waals surface area (Å²) in [6, 6.07) is 15.5. The van der Waals surface area contributed by atoms with Gasteiger partial charge in [-0.2, -0.15) is 0 Å². The second kappa shape index (κ2) is 10.2. The number of rotatable bonds is 8. The molecule has 0 saturated carbocycles. The van der Waals surface area contributed by atoms with E-state index in [4.69, 9.17) is 11.6 Å². The normalized spacial score (nSPS) is 12.0. The third-order valence-corrected chi connectivity index (χ3v) is 4.78. The summed E-state index contributed by atoms with van der Waals surface area (Å²) >= 11 is 6.02. The molecule has 0 fully saturated rings. The highest BCUT2D eigenvalue weighted by atomic mass is 35.5. The van der Waals surface area contributed by atoms with Gasteiger partial charge in [-0.25, -0.2) is 4.79 Å². The minimum Gasteiger partial charge on any atom is -0.334 e. The van der Waals surface area contributed by atoms with Crippen LogP contribution in [0.25, 0.3) is 0 Å². The van der Waals surface area contributed by atoms with E-state index in [1.807, 2.05) is 43.3 Å². The Morgan fingerprint density at radius 3 is 2.42 bits per heavy atom. The summed E-state index contributed by atoms with van der Waals surface area (Å²) in [7, 11) is 0. The lowest BCUT2D eigenvalue weighted by molar-refractivity contribution is 0.237. The van der Waals surface area contributed by atoms with Crippen LogP contribution in [0.15, 0.2) is 48.5 Å². The number of urea groups is 1. The van der Waals surface area contributed by atoms with Gasteiger partial charge in [0.25, 0.3) is 0 Å². The summed E-state index contributed by atoms with van der Waals surface area (Å²) in [6.45, 7) is 9.69. The van der Waals surface area contributed by atoms with Gasteiger partial charge < -0.3 is 10.6 Å². The monoisotopic (exact) mass is 373 g/mol. The van der Waals surface area contributed by atoms with Crippen LogP contribution < -0.4 is 10.6 Å². The number of hydrogen-bond acceptors (Lipinski definition) is 2. The van der Waals surface area contributed by atoms with Crippen molar-refractivity contribution in [1.82, 2.24) is 15.5 Å². The standard InChI is InChI=1S/C21H28ClN3O/c1-4-25(5-2)15-19-10-7-6-9-18(19)14-23-21(26)24-16(3)17-11-8-12-20(22)13-17/h6-13,16H,4-5,14-15H2,1-3H3,(H2,23,24,26). The van der Waals surface area contributed by atoms with Crippen LogP contribution in [0.5, 0.6) is 0 Å². The molecule has 0 spiro atoms. The summed E-state index contributed by atoms with van der Waals surface area (Å²) in [6.07, 6.45) is 0. The largest absolute Gasteiger partial charge is 0.334 e. The van der Waals surface area contributed by atoms with E-state index in [9.17, 15) is 4.79 Å². The molecule has 0 bridgehead atoms. The van der Waals surface area contributed by atoms with E-state index in [1.165, 1.54) is 5.56 Å². The van der Waals surface area contributed by atoms with Gasteiger partial charge >= 0.3 is 6.03 Å². The Bertz CT molecular complexity index is 716. The van der Waals surface area contributed by atoms with E-state index >= 15 is 0 Å². The van der Waals surface area contributed by atoms with Crippen LogP contribution in [0, 0.1) is 0 Å². The van der Waals surface area contributed by atoms with Gasteiger partial charge in [-0.3, -0.25) is 4.90 Å². The number of benzene rings is 2. The Morgan fingerprint density at radius 1 is 1.08 bits per heavy atom. The molecule has 1 unspecified atom stereocenters. The summed E-state index contributed by atoms with van der Waals surface area (Å²) in [5.41, 5.74) is 3.37. The molecule has 0 aromatic heterocycles. The molecule has 2 aromatic rings. The van der Waals surface area contributed by atoms with Gasteiger partial charge in [0.05, 0.1) is 6.04 Å². The molecule has 2 rings (SSSR count). The molecule has 5 heteroatoms. The predicted molar refractivity (Wildman–Crippen MR) is 108 cm³/mol. The second-order valence-corrected chi connectivity index (χ2v) is 6.77. The Labute approximate surface area is 161 Å². The Hall–Kier alpha value is -2.04. The van der Waals surface area contributed by atoms with Crippen LogP contribution >= 0.6 is 11.6 Å². The van der Waals surface area contributed by atoms with Crippen molar-refractivity contribution < 1.29 is 4.79 Å². The van der Waals surface area contributed by atoms with Gasteiger partial charge in [-0.15, -0.1) is 0 Å². The van der Waals surface area contributed by atoms with Gasteiger partial charge in [0.2, 0.25) is 0 Å². The predicted octanol–water partition coefficient (Wildman–Crippen LogP) is 4.74. The van der Waals surface area contributed by atoms with Crippen LogP contribution in [0.4, 0.5) is 4.79 Å². The lowest BCUT2D eigenvalue weighted by atomic mass is 10.1. The average molecular weight is 374 g/mol. The van der Waals surface area contributed by atoms with E-state index in [-0.39, 0.29) is 12.1 Å². The smallest absolute Gasteiger partial charge is 0.315 e. The first-order chi connectivity index (χ1) is 12.5. The first-order valence-electron chi connectivity index (χ1n) is 9.12. The van der Waals surface area contributed by atoms with Crippen LogP contribution in [-0.2, 0) is 13.1 Å². The maximum Gasteiger partial charge on any atom is 0.315 e. The first-order valence-corrected chi connectivity index (χ1v) is 9.50. The quantitative estimate of drug-likeness (QED) is 0.701. The van der Waals surface area contributed by atoms with Crippen LogP contribution in [0.3, 0.4) is 0 Å². The minimum absolute atomic E-state index is 0.111. The van der Waals surface area contributed by atoms with E-state index in [0.29, 0.717) is 11.6 Å². The van der Waals surface area contributed by atoms with Gasteiger partial charge in [0, 0.05) is 18.1 Å². The molecule has 0 heterocycles. The molecular weight excluding hydrogens is 346 g/mol. The zero-order valence-electron chi connectivity index (χ0n) is 15.8. The zero-order chi connectivity index (χ0) is 18.9. The fourth-order valence-corrected chi connectivity index (χ4v) is 3.05. The van der Waals surface area contributed by atoms with E-state index in [0.717, 1.165) is 30.8 Å². The van der Waals surface area contributed by atoms with Gasteiger partial charge in [0.15, 0.2) is 0 Å². The fourth-order valence-electron chi connectivity index (χ4n) is 2.85. The molecule has 0 aliphatic rings. The Morgan fingerprint density at radius 2 is 1.77 bits per heavy atom. The third kappa shape index (κ3) is 6.04. The molecule has 4 nitrogen and oxygen atoms in total. The number of amides is 2. The molecule has 140 valence electrons. The van der Waals surface area contributed by atoms with Crippen molar-refractivity contribution in [3.05, 3.63) is 70.2 Å². The molecule has 0 aliphatic heterocycles. The van der Waals surface area contributed by atoms with Crippen LogP contribution in [0.2, 0.25) is 5.02 Å². The summed E-state index contributed by atoms with van der Waals surface area (Å²) in [5.74, 6) is 0. The lowest BCUT2D eigenvalue weighted by Crippen LogP contribution is -2.37. The van der Waals surface area contributed by atoms with Crippen molar-refractivity contribution in [2.45, 2.75) is 39.9 Å². The van der Waals surface area contributed by atoms with Crippen molar-refractivity contribution in [2.75, 3.05) is 13.1 Å². The van der Waals surface area contributed by atoms with E-state index < -0.39 is 0 Å². The van der Waals surface area contributed by atoms with E-state index in [2.05, 4.69) is 41.5 Å². The Kier molecular flexibility index (Phi) is 7.95. The van der Waals surface area contributed by atoms with Crippen molar-refractivity contribution >= 4 is 17.6 Å². The second-order valence-electron chi connectivity index (χ2n) is 6.33. The SMILES string of the molecule is CCN(CC)Cc1ccccc1CNC(=O)NC(C)c1cccc(Cl)c1. The fraction of sp³-hybridized carbons (Fsp3) is 0.381. The number of carbonyl (C=O) groups is 1. The highest BCUT2D eigenvalue weighted by molar-refractivity contribution is 6.30. The highest BCUT2D eigenvalue weighted by Crippen LogP contribution is 2.17. The molecular formula is C21H28ClN3O. The van der Waals surface area contributed by atoms with Crippen molar-refractivity contribution in [2.24, 2.45) is 0 Å². The summed E-state index contributed by atoms with van der Waals surface area (Å²) in [5, 5.41) is 6.59. The maximum atomic E-state index is 12.3. The first kappa shape index (κ1) is 20.3. The Balaban J connectivity index is 1.93. The summed E-state index contributed by atoms with van der Waals surface area (Å²) < 4.78 is 0. The maximum absolute atomic E-state index is 12.3. The average Bonchev–Trinajstić information content (AvgIpc) is 2.65. The number of halogens is 1. The number of hydrogen-bond donors (Lipinski definition) is 2. The third-order valence-electron chi connectivity index (χ3n) is 4.54. The highest BCUT2D eigenvalue weighted by Gasteiger charge is 2.11. The minimum atomic E-state index is -0.185. The van der Waals surface area contributed by atoms with Crippen molar-refractivity contribution in [3.63, 3.8) is 0 Å². The molecule has 0 saturated heterocycles. The van der Waals surface area contributed by atoms with Crippen LogP contribution in [0.1, 0.15) is 43.5 Å². The van der Waals surface area contributed by atoms with Crippen molar-refractivity contribution in [3.8, 4) is 0 Å². The molecule has 2 amide bonds. The van der Waals surface area contributed by atoms with Crippen molar-refractivity contribution in [1.29, 1.82) is 0 Å². The van der Waals surface area contributed by atoms with E-state index in [1.54, 1.807) is 0 Å². The molecule has 0 radical (unpaired) electrons. The number of nitrogens with zero attached hydrogens (tertiary/aromatic N) is 1. The molecule has 2 N–H and O–H groups in total. The number of carbonyl (C=O) groups excluding carboxylic acids is 1. The topological polar surface area (TPSA) is 44.4 Å². The molecule has 0 aliphatic carbocycles. The van der Waals surface area contributed by atoms with Gasteiger partial charge in [-0.05, 0) is 48.8 Å². The lowest BCUT2D eigenvalue weighted by Gasteiger charge is -2.20. The number of nitrogens with one attached hydrogen (secondary N) is 2. The van der Waals surface area contributed by atoms with Gasteiger partial charge in [-0.1, -0.05) is 61.8 Å². The summed E-state index contributed by atoms with van der Waals surface area (Å²) in [4.78, 5) is 14.6. The van der Waals surface area contributed by atoms with Crippen LogP contribution in [-0.4, -0.2) is 24.0 Å². The molecule has 26 heavy (non-hydrogen) atoms.